The molecule has 0 spiro atoms. The maximum Gasteiger partial charge on any atom is 0.335 e. The van der Waals surface area contributed by atoms with Crippen LogP contribution in [0.2, 0.25) is 0 Å². The van der Waals surface area contributed by atoms with Gasteiger partial charge >= 0.3 is 5.97 Å². The lowest BCUT2D eigenvalue weighted by atomic mass is 10.0. The van der Waals surface area contributed by atoms with Crippen LogP contribution in [-0.4, -0.2) is 39.7 Å². The van der Waals surface area contributed by atoms with E-state index in [9.17, 15) is 19.2 Å². The highest BCUT2D eigenvalue weighted by Gasteiger charge is 2.39. The van der Waals surface area contributed by atoms with Crippen LogP contribution in [0.4, 0.5) is 0 Å². The molecule has 0 saturated carbocycles. The molecule has 3 amide bonds. The molecule has 1 atom stereocenters. The topological polar surface area (TPSA) is 104 Å². The van der Waals surface area contributed by atoms with E-state index in [1.54, 1.807) is 6.07 Å². The van der Waals surface area contributed by atoms with E-state index in [-0.39, 0.29) is 36.8 Å². The number of carboxylic acid groups (broad SMARTS) is 1. The second kappa shape index (κ2) is 4.69. The fourth-order valence-corrected chi connectivity index (χ4v) is 2.69. The maximum absolute atomic E-state index is 12.4. The van der Waals surface area contributed by atoms with E-state index in [2.05, 4.69) is 5.32 Å². The highest BCUT2D eigenvalue weighted by Crippen LogP contribution is 2.28. The number of piperidine rings is 1. The van der Waals surface area contributed by atoms with Crippen molar-refractivity contribution in [2.24, 2.45) is 0 Å². The van der Waals surface area contributed by atoms with Gasteiger partial charge in [0.05, 0.1) is 5.56 Å². The van der Waals surface area contributed by atoms with Crippen molar-refractivity contribution >= 4 is 23.7 Å². The minimum Gasteiger partial charge on any atom is -0.478 e. The van der Waals surface area contributed by atoms with Gasteiger partial charge in [0.15, 0.2) is 0 Å². The summed E-state index contributed by atoms with van der Waals surface area (Å²) in [7, 11) is 0. The third-order valence-electron chi connectivity index (χ3n) is 3.78. The second-order valence-electron chi connectivity index (χ2n) is 5.08. The lowest BCUT2D eigenvalue weighted by Crippen LogP contribution is -2.52. The van der Waals surface area contributed by atoms with Crippen molar-refractivity contribution in [2.45, 2.75) is 25.4 Å². The number of carbonyl (C=O) groups is 4. The van der Waals surface area contributed by atoms with Crippen LogP contribution in [0.25, 0.3) is 0 Å². The van der Waals surface area contributed by atoms with Gasteiger partial charge in [-0.1, -0.05) is 6.07 Å². The van der Waals surface area contributed by atoms with Gasteiger partial charge < -0.3 is 10.0 Å². The molecule has 2 N–H and O–H groups in total. The van der Waals surface area contributed by atoms with E-state index in [1.807, 2.05) is 0 Å². The monoisotopic (exact) mass is 288 g/mol. The number of aromatic carboxylic acids is 1. The molecule has 0 bridgehead atoms. The van der Waals surface area contributed by atoms with E-state index < -0.39 is 17.9 Å². The molecule has 2 aliphatic heterocycles. The Morgan fingerprint density at radius 2 is 2.05 bits per heavy atom. The van der Waals surface area contributed by atoms with Gasteiger partial charge in [0.25, 0.3) is 5.91 Å². The number of carboxylic acids is 1. The first-order valence-corrected chi connectivity index (χ1v) is 6.48. The van der Waals surface area contributed by atoms with Crippen LogP contribution < -0.4 is 5.32 Å². The molecule has 1 aromatic carbocycles. The predicted molar refractivity (Wildman–Crippen MR) is 69.4 cm³/mol. The van der Waals surface area contributed by atoms with Gasteiger partial charge in [0.2, 0.25) is 11.8 Å². The largest absolute Gasteiger partial charge is 0.478 e. The number of carbonyl (C=O) groups excluding carboxylic acids is 3. The molecule has 21 heavy (non-hydrogen) atoms. The lowest BCUT2D eigenvalue weighted by Gasteiger charge is -2.29. The Balaban J connectivity index is 1.88. The SMILES string of the molecule is O=C1CCC(N2Cc3ccc(C(=O)O)cc3C2=O)C(=O)N1. The van der Waals surface area contributed by atoms with Crippen LogP contribution in [0.15, 0.2) is 18.2 Å². The molecule has 108 valence electrons. The fourth-order valence-electron chi connectivity index (χ4n) is 2.69. The van der Waals surface area contributed by atoms with Gasteiger partial charge in [0, 0.05) is 18.5 Å². The molecular formula is C14H12N2O5. The first-order valence-electron chi connectivity index (χ1n) is 6.48. The third-order valence-corrected chi connectivity index (χ3v) is 3.78. The van der Waals surface area contributed by atoms with E-state index >= 15 is 0 Å². The minimum absolute atomic E-state index is 0.0345. The lowest BCUT2D eigenvalue weighted by molar-refractivity contribution is -0.136. The summed E-state index contributed by atoms with van der Waals surface area (Å²) in [5, 5.41) is 11.2. The number of rotatable bonds is 2. The van der Waals surface area contributed by atoms with Gasteiger partial charge in [-0.25, -0.2) is 4.79 Å². The number of hydrogen-bond donors (Lipinski definition) is 2. The fraction of sp³-hybridized carbons (Fsp3) is 0.286. The summed E-state index contributed by atoms with van der Waals surface area (Å²) in [6.45, 7) is 0.250. The zero-order chi connectivity index (χ0) is 15.1. The van der Waals surface area contributed by atoms with Crippen molar-refractivity contribution < 1.29 is 24.3 Å². The van der Waals surface area contributed by atoms with Crippen LogP contribution in [0, 0.1) is 0 Å². The van der Waals surface area contributed by atoms with Crippen molar-refractivity contribution in [1.82, 2.24) is 10.2 Å². The zero-order valence-corrected chi connectivity index (χ0v) is 11.0. The van der Waals surface area contributed by atoms with Gasteiger partial charge in [-0.05, 0) is 24.1 Å². The predicted octanol–water partition coefficient (Wildman–Crippen LogP) is 0.146. The van der Waals surface area contributed by atoms with Crippen molar-refractivity contribution in [1.29, 1.82) is 0 Å². The zero-order valence-electron chi connectivity index (χ0n) is 11.0. The molecule has 1 fully saturated rings. The normalized spacial score (nSPS) is 21.2. The smallest absolute Gasteiger partial charge is 0.335 e. The third kappa shape index (κ3) is 2.16. The van der Waals surface area contributed by atoms with Crippen molar-refractivity contribution in [3.63, 3.8) is 0 Å². The van der Waals surface area contributed by atoms with Gasteiger partial charge in [-0.3, -0.25) is 19.7 Å². The van der Waals surface area contributed by atoms with E-state index in [0.29, 0.717) is 11.1 Å². The number of hydrogen-bond acceptors (Lipinski definition) is 4. The number of amides is 3. The Hall–Kier alpha value is -2.70. The van der Waals surface area contributed by atoms with Crippen LogP contribution in [0.3, 0.4) is 0 Å². The standard InChI is InChI=1S/C14H12N2O5/c17-11-4-3-10(12(18)15-11)16-6-8-2-1-7(14(20)21)5-9(8)13(16)19/h1-2,5,10H,3-4,6H2,(H,20,21)(H,15,17,18). The van der Waals surface area contributed by atoms with E-state index in [1.165, 1.54) is 17.0 Å². The average Bonchev–Trinajstić information content (AvgIpc) is 2.75. The summed E-state index contributed by atoms with van der Waals surface area (Å²) in [5.41, 5.74) is 1.03. The van der Waals surface area contributed by atoms with Crippen LogP contribution in [0.1, 0.15) is 39.1 Å². The van der Waals surface area contributed by atoms with E-state index in [0.717, 1.165) is 0 Å². The van der Waals surface area contributed by atoms with Crippen LogP contribution in [-0.2, 0) is 16.1 Å². The molecule has 0 aliphatic carbocycles. The Kier molecular flexibility index (Phi) is 2.97. The summed E-state index contributed by atoms with van der Waals surface area (Å²) in [5.74, 6) is -2.30. The molecule has 3 rings (SSSR count). The molecule has 0 aromatic heterocycles. The Bertz CT molecular complexity index is 682. The first kappa shape index (κ1) is 13.3. The van der Waals surface area contributed by atoms with Gasteiger partial charge in [-0.15, -0.1) is 0 Å². The number of nitrogens with one attached hydrogen (secondary N) is 1. The highest BCUT2D eigenvalue weighted by atomic mass is 16.4. The summed E-state index contributed by atoms with van der Waals surface area (Å²) in [4.78, 5) is 47.7. The van der Waals surface area contributed by atoms with Gasteiger partial charge in [-0.2, -0.15) is 0 Å². The number of benzene rings is 1. The molecular weight excluding hydrogens is 276 g/mol. The molecule has 1 aromatic rings. The summed E-state index contributed by atoms with van der Waals surface area (Å²) in [6.07, 6.45) is 0.479. The molecule has 7 nitrogen and oxygen atoms in total. The van der Waals surface area contributed by atoms with Gasteiger partial charge in [0.1, 0.15) is 6.04 Å². The maximum atomic E-state index is 12.4. The molecule has 2 aliphatic rings. The number of nitrogens with zero attached hydrogens (tertiary/aromatic N) is 1. The van der Waals surface area contributed by atoms with E-state index in [4.69, 9.17) is 5.11 Å². The highest BCUT2D eigenvalue weighted by molar-refractivity contribution is 6.06. The Morgan fingerprint density at radius 1 is 1.29 bits per heavy atom. The number of imide groups is 1. The minimum atomic E-state index is -1.11. The number of fused-ring (bicyclic) bond motifs is 1. The molecule has 7 heteroatoms. The summed E-state index contributed by atoms with van der Waals surface area (Å²) >= 11 is 0. The van der Waals surface area contributed by atoms with Crippen molar-refractivity contribution in [3.8, 4) is 0 Å². The van der Waals surface area contributed by atoms with Crippen molar-refractivity contribution in [2.75, 3.05) is 0 Å². The summed E-state index contributed by atoms with van der Waals surface area (Å²) < 4.78 is 0. The quantitative estimate of drug-likeness (QED) is 0.754. The average molecular weight is 288 g/mol. The van der Waals surface area contributed by atoms with Crippen LogP contribution in [0.5, 0.6) is 0 Å². The Labute approximate surface area is 119 Å². The first-order chi connectivity index (χ1) is 9.97. The second-order valence-corrected chi connectivity index (χ2v) is 5.08. The molecule has 1 saturated heterocycles. The molecule has 2 heterocycles. The molecule has 1 unspecified atom stereocenters. The van der Waals surface area contributed by atoms with Crippen LogP contribution >= 0.6 is 0 Å². The van der Waals surface area contributed by atoms with Crippen molar-refractivity contribution in [3.05, 3.63) is 34.9 Å². The summed E-state index contributed by atoms with van der Waals surface area (Å²) in [6, 6.07) is 3.66. The Morgan fingerprint density at radius 3 is 2.71 bits per heavy atom. The molecule has 0 radical (unpaired) electrons.